The summed E-state index contributed by atoms with van der Waals surface area (Å²) in [7, 11) is 1.90. The Hall–Kier alpha value is -1.98. The fourth-order valence-corrected chi connectivity index (χ4v) is 2.81. The summed E-state index contributed by atoms with van der Waals surface area (Å²) in [5, 5.41) is 4.22. The van der Waals surface area contributed by atoms with E-state index in [0.29, 0.717) is 5.82 Å². The van der Waals surface area contributed by atoms with Crippen LogP contribution in [0.3, 0.4) is 0 Å². The first-order valence-corrected chi connectivity index (χ1v) is 6.20. The molecule has 0 aromatic carbocycles. The maximum atomic E-state index is 12.8. The van der Waals surface area contributed by atoms with Crippen LogP contribution >= 0.6 is 0 Å². The lowest BCUT2D eigenvalue weighted by Crippen LogP contribution is -2.56. The first kappa shape index (κ1) is 12.1. The van der Waals surface area contributed by atoms with Crippen molar-refractivity contribution in [3.63, 3.8) is 0 Å². The molecule has 3 heterocycles. The Morgan fingerprint density at radius 2 is 2.05 bits per heavy atom. The van der Waals surface area contributed by atoms with Crippen molar-refractivity contribution < 1.29 is 4.39 Å². The Bertz CT molecular complexity index is 589. The van der Waals surface area contributed by atoms with E-state index in [1.54, 1.807) is 4.68 Å². The minimum absolute atomic E-state index is 0.138. The van der Waals surface area contributed by atoms with Gasteiger partial charge in [0.15, 0.2) is 0 Å². The highest BCUT2D eigenvalue weighted by Crippen LogP contribution is 2.49. The third-order valence-corrected chi connectivity index (χ3v) is 3.57. The van der Waals surface area contributed by atoms with Crippen LogP contribution in [0.25, 0.3) is 0 Å². The molecule has 1 fully saturated rings. The molecule has 0 bridgehead atoms. The molecule has 1 saturated heterocycles. The molecule has 19 heavy (non-hydrogen) atoms. The van der Waals surface area contributed by atoms with Crippen molar-refractivity contribution in [3.05, 3.63) is 36.3 Å². The fourth-order valence-electron chi connectivity index (χ4n) is 2.81. The monoisotopic (exact) mass is 261 g/mol. The topological polar surface area (TPSA) is 46.8 Å². The molecule has 1 unspecified atom stereocenters. The Morgan fingerprint density at radius 1 is 1.26 bits per heavy atom. The molecule has 1 aliphatic rings. The van der Waals surface area contributed by atoms with Gasteiger partial charge in [-0.25, -0.2) is 9.97 Å². The molecule has 0 aliphatic carbocycles. The molecule has 5 nitrogen and oxygen atoms in total. The summed E-state index contributed by atoms with van der Waals surface area (Å²) in [6.45, 7) is 5.28. The molecule has 0 saturated carbocycles. The van der Waals surface area contributed by atoms with Crippen LogP contribution in [0.4, 0.5) is 10.2 Å². The first-order valence-electron chi connectivity index (χ1n) is 6.20. The number of hydrogen-bond acceptors (Lipinski definition) is 4. The number of halogens is 1. The van der Waals surface area contributed by atoms with Gasteiger partial charge in [-0.3, -0.25) is 4.68 Å². The zero-order valence-electron chi connectivity index (χ0n) is 11.2. The normalized spacial score (nSPS) is 21.3. The van der Waals surface area contributed by atoms with E-state index in [2.05, 4.69) is 33.8 Å². The predicted octanol–water partition coefficient (Wildman–Crippen LogP) is 1.94. The lowest BCUT2D eigenvalue weighted by atomic mass is 9.72. The van der Waals surface area contributed by atoms with Crippen LogP contribution in [-0.2, 0) is 7.05 Å². The highest BCUT2D eigenvalue weighted by Gasteiger charge is 2.47. The van der Waals surface area contributed by atoms with Crippen molar-refractivity contribution in [1.82, 2.24) is 19.7 Å². The summed E-state index contributed by atoms with van der Waals surface area (Å²) in [6, 6.07) is 0.195. The molecule has 1 aliphatic heterocycles. The number of nitrogens with zero attached hydrogens (tertiary/aromatic N) is 5. The maximum Gasteiger partial charge on any atom is 0.231 e. The summed E-state index contributed by atoms with van der Waals surface area (Å²) < 4.78 is 14.6. The van der Waals surface area contributed by atoms with E-state index in [4.69, 9.17) is 0 Å². The van der Waals surface area contributed by atoms with E-state index >= 15 is 0 Å². The molecule has 0 amide bonds. The first-order chi connectivity index (χ1) is 8.97. The van der Waals surface area contributed by atoms with Gasteiger partial charge < -0.3 is 4.90 Å². The second-order valence-electron chi connectivity index (χ2n) is 5.66. The van der Waals surface area contributed by atoms with E-state index in [9.17, 15) is 4.39 Å². The molecular weight excluding hydrogens is 245 g/mol. The zero-order chi connectivity index (χ0) is 13.6. The number of anilines is 1. The molecule has 0 N–H and O–H groups in total. The summed E-state index contributed by atoms with van der Waals surface area (Å²) in [5.41, 5.74) is 1.28. The van der Waals surface area contributed by atoms with Crippen LogP contribution in [-0.4, -0.2) is 26.3 Å². The number of aromatic nitrogens is 4. The summed E-state index contributed by atoms with van der Waals surface area (Å²) in [6.07, 6.45) is 6.51. The minimum atomic E-state index is -0.554. The SMILES string of the molecule is Cn1cc(C2N(c3cnc(F)cn3)CC2(C)C)cn1. The number of hydrogen-bond donors (Lipinski definition) is 0. The largest absolute Gasteiger partial charge is 0.347 e. The Kier molecular flexibility index (Phi) is 2.55. The summed E-state index contributed by atoms with van der Waals surface area (Å²) in [5.74, 6) is 0.149. The lowest BCUT2D eigenvalue weighted by Gasteiger charge is -2.54. The van der Waals surface area contributed by atoms with Gasteiger partial charge in [-0.2, -0.15) is 9.49 Å². The molecule has 2 aromatic rings. The van der Waals surface area contributed by atoms with Gasteiger partial charge in [-0.05, 0) is 0 Å². The smallest absolute Gasteiger partial charge is 0.231 e. The van der Waals surface area contributed by atoms with Crippen LogP contribution in [0.2, 0.25) is 0 Å². The fraction of sp³-hybridized carbons (Fsp3) is 0.462. The zero-order valence-corrected chi connectivity index (χ0v) is 11.2. The van der Waals surface area contributed by atoms with E-state index in [1.807, 2.05) is 19.4 Å². The molecule has 0 radical (unpaired) electrons. The highest BCUT2D eigenvalue weighted by molar-refractivity contribution is 5.46. The molecule has 100 valence electrons. The van der Waals surface area contributed by atoms with Gasteiger partial charge in [-0.1, -0.05) is 13.8 Å². The Labute approximate surface area is 111 Å². The molecular formula is C13H16FN5. The van der Waals surface area contributed by atoms with Crippen LogP contribution in [0.15, 0.2) is 24.8 Å². The molecule has 1 atom stereocenters. The van der Waals surface area contributed by atoms with E-state index in [0.717, 1.165) is 18.3 Å². The Morgan fingerprint density at radius 3 is 2.58 bits per heavy atom. The molecule has 3 rings (SSSR count). The van der Waals surface area contributed by atoms with Crippen molar-refractivity contribution in [2.45, 2.75) is 19.9 Å². The highest BCUT2D eigenvalue weighted by atomic mass is 19.1. The Balaban J connectivity index is 1.93. The van der Waals surface area contributed by atoms with Crippen molar-refractivity contribution in [2.75, 3.05) is 11.4 Å². The molecule has 0 spiro atoms. The average molecular weight is 261 g/mol. The van der Waals surface area contributed by atoms with Gasteiger partial charge in [0.25, 0.3) is 0 Å². The van der Waals surface area contributed by atoms with Gasteiger partial charge in [0, 0.05) is 30.8 Å². The van der Waals surface area contributed by atoms with Crippen LogP contribution in [0, 0.1) is 11.4 Å². The number of rotatable bonds is 2. The van der Waals surface area contributed by atoms with Gasteiger partial charge in [-0.15, -0.1) is 0 Å². The van der Waals surface area contributed by atoms with Crippen LogP contribution in [0.1, 0.15) is 25.5 Å². The van der Waals surface area contributed by atoms with Crippen molar-refractivity contribution in [1.29, 1.82) is 0 Å². The minimum Gasteiger partial charge on any atom is -0.347 e. The quantitative estimate of drug-likeness (QED) is 0.829. The average Bonchev–Trinajstić information content (AvgIpc) is 2.74. The second kappa shape index (κ2) is 4.01. The van der Waals surface area contributed by atoms with Gasteiger partial charge >= 0.3 is 0 Å². The van der Waals surface area contributed by atoms with E-state index in [-0.39, 0.29) is 11.5 Å². The van der Waals surface area contributed by atoms with Crippen molar-refractivity contribution in [3.8, 4) is 0 Å². The lowest BCUT2D eigenvalue weighted by molar-refractivity contribution is 0.178. The van der Waals surface area contributed by atoms with E-state index in [1.165, 1.54) is 6.20 Å². The second-order valence-corrected chi connectivity index (χ2v) is 5.66. The predicted molar refractivity (Wildman–Crippen MR) is 69.1 cm³/mol. The standard InChI is InChI=1S/C13H16FN5/c1-13(2)8-19(11-6-15-10(14)5-16-11)12(13)9-4-17-18(3)7-9/h4-7,12H,8H2,1-3H3. The number of aryl methyl sites for hydroxylation is 1. The van der Waals surface area contributed by atoms with Crippen molar-refractivity contribution >= 4 is 5.82 Å². The van der Waals surface area contributed by atoms with Gasteiger partial charge in [0.2, 0.25) is 5.95 Å². The van der Waals surface area contributed by atoms with Crippen LogP contribution < -0.4 is 4.90 Å². The molecule has 2 aromatic heterocycles. The molecule has 6 heteroatoms. The summed E-state index contributed by atoms with van der Waals surface area (Å²) >= 11 is 0. The third kappa shape index (κ3) is 1.97. The summed E-state index contributed by atoms with van der Waals surface area (Å²) in [4.78, 5) is 9.91. The van der Waals surface area contributed by atoms with E-state index < -0.39 is 5.95 Å². The third-order valence-electron chi connectivity index (χ3n) is 3.57. The maximum absolute atomic E-state index is 12.8. The van der Waals surface area contributed by atoms with Gasteiger partial charge in [0.05, 0.1) is 24.6 Å². The van der Waals surface area contributed by atoms with Crippen molar-refractivity contribution in [2.24, 2.45) is 12.5 Å². The van der Waals surface area contributed by atoms with Crippen LogP contribution in [0.5, 0.6) is 0 Å². The van der Waals surface area contributed by atoms with Gasteiger partial charge in [0.1, 0.15) is 5.82 Å².